The Morgan fingerprint density at radius 1 is 0.483 bits per heavy atom. The number of H-pyrrole nitrogens is 2. The number of carbonyl (C=O) groups is 2. The summed E-state index contributed by atoms with van der Waals surface area (Å²) in [5, 5.41) is 6.76. The van der Waals surface area contributed by atoms with Crippen LogP contribution in [0, 0.1) is 0 Å². The van der Waals surface area contributed by atoms with E-state index >= 15 is 0 Å². The summed E-state index contributed by atoms with van der Waals surface area (Å²) in [6, 6.07) is 28.4. The molecule has 0 aliphatic rings. The number of nitrogens with one attached hydrogen (secondary N) is 4. The van der Waals surface area contributed by atoms with Gasteiger partial charge >= 0.3 is 12.4 Å². The third kappa shape index (κ3) is 9.37. The highest BCUT2D eigenvalue weighted by molar-refractivity contribution is 6.39. The number of imidazole rings is 2. The average molecular weight is 900 g/mol. The molecule has 18 heteroatoms. The van der Waals surface area contributed by atoms with E-state index in [0.29, 0.717) is 70.5 Å². The van der Waals surface area contributed by atoms with Crippen molar-refractivity contribution in [3.8, 4) is 22.8 Å². The Balaban J connectivity index is 0.000000181. The number of fused-ring (bicyclic) bond motifs is 2. The summed E-state index contributed by atoms with van der Waals surface area (Å²) in [7, 11) is 0. The fourth-order valence-corrected chi connectivity index (χ4v) is 7.06. The van der Waals surface area contributed by atoms with E-state index in [4.69, 9.17) is 46.4 Å². The van der Waals surface area contributed by atoms with E-state index in [2.05, 4.69) is 30.6 Å². The summed E-state index contributed by atoms with van der Waals surface area (Å²) in [4.78, 5) is 40.1. The highest BCUT2D eigenvalue weighted by Crippen LogP contribution is 2.36. The molecule has 0 fully saturated rings. The van der Waals surface area contributed by atoms with Crippen LogP contribution in [0.25, 0.3) is 44.8 Å². The molecule has 0 aliphatic heterocycles. The smallest absolute Gasteiger partial charge is 0.338 e. The predicted molar refractivity (Wildman–Crippen MR) is 222 cm³/mol. The topological polar surface area (TPSA) is 116 Å². The molecule has 0 spiro atoms. The number of halogens is 10. The van der Waals surface area contributed by atoms with E-state index in [1.807, 2.05) is 0 Å². The van der Waals surface area contributed by atoms with Crippen LogP contribution in [-0.2, 0) is 12.4 Å². The van der Waals surface area contributed by atoms with Crippen LogP contribution >= 0.6 is 46.4 Å². The second-order valence-corrected chi connectivity index (χ2v) is 14.5. The molecular weight excluding hydrogens is 876 g/mol. The van der Waals surface area contributed by atoms with Crippen LogP contribution in [0.1, 0.15) is 31.8 Å². The number of aromatic amines is 2. The van der Waals surface area contributed by atoms with Gasteiger partial charge in [-0.2, -0.15) is 26.3 Å². The molecule has 60 heavy (non-hydrogen) atoms. The Morgan fingerprint density at radius 3 is 1.33 bits per heavy atom. The Bertz CT molecular complexity index is 2870. The van der Waals surface area contributed by atoms with Crippen LogP contribution in [0.2, 0.25) is 20.1 Å². The molecule has 8 aromatic rings. The molecule has 0 saturated heterocycles. The standard InChI is InChI=1S/2C21H12Cl2F3N3O/c22-14-5-2-6-15(23)18(14)19-28-16-8-7-11(9-17(16)29-19)20(30)27-13-4-1-3-12(10-13)21(24,25)26;22-14-2-1-3-15(23)18(14)19-28-16-9-4-11(10-17(16)29-19)20(30)27-13-7-5-12(6-8-13)21(24,25)26/h2*1-10H,(H,27,30)(H,28,29). The van der Waals surface area contributed by atoms with Gasteiger partial charge in [-0.25, -0.2) is 9.97 Å². The minimum Gasteiger partial charge on any atom is -0.338 e. The molecular formula is C42H24Cl4F6N6O2. The summed E-state index contributed by atoms with van der Waals surface area (Å²) < 4.78 is 76.5. The molecule has 0 aliphatic carbocycles. The summed E-state index contributed by atoms with van der Waals surface area (Å²) in [5.41, 5.74) is 2.63. The lowest BCUT2D eigenvalue weighted by Crippen LogP contribution is -2.13. The minimum atomic E-state index is -4.49. The van der Waals surface area contributed by atoms with E-state index in [1.165, 1.54) is 30.3 Å². The van der Waals surface area contributed by atoms with E-state index in [1.54, 1.807) is 66.7 Å². The van der Waals surface area contributed by atoms with Crippen molar-refractivity contribution in [3.05, 3.63) is 164 Å². The molecule has 6 aromatic carbocycles. The molecule has 0 atom stereocenters. The summed E-state index contributed by atoms with van der Waals surface area (Å²) >= 11 is 24.9. The summed E-state index contributed by atoms with van der Waals surface area (Å²) in [6.45, 7) is 0. The van der Waals surface area contributed by atoms with Crippen molar-refractivity contribution in [2.24, 2.45) is 0 Å². The second-order valence-electron chi connectivity index (χ2n) is 12.9. The van der Waals surface area contributed by atoms with Gasteiger partial charge in [0.1, 0.15) is 11.6 Å². The zero-order chi connectivity index (χ0) is 42.9. The molecule has 4 N–H and O–H groups in total. The molecule has 8 rings (SSSR count). The number of alkyl halides is 6. The Morgan fingerprint density at radius 2 is 0.900 bits per heavy atom. The molecule has 0 unspecified atom stereocenters. The van der Waals surface area contributed by atoms with E-state index in [0.717, 1.165) is 24.3 Å². The largest absolute Gasteiger partial charge is 0.416 e. The number of nitrogens with zero attached hydrogens (tertiary/aromatic N) is 2. The monoisotopic (exact) mass is 898 g/mol. The lowest BCUT2D eigenvalue weighted by Gasteiger charge is -2.10. The number of aromatic nitrogens is 4. The SMILES string of the molecule is O=C(Nc1ccc(C(F)(F)F)cc1)c1ccc2nc(-c3c(Cl)cccc3Cl)[nH]c2c1.O=C(Nc1cccc(C(F)(F)F)c1)c1ccc2nc(-c3c(Cl)cccc3Cl)[nH]c2c1. The zero-order valence-electron chi connectivity index (χ0n) is 30.0. The molecule has 2 amide bonds. The first-order valence-corrected chi connectivity index (χ1v) is 18.8. The number of benzene rings is 6. The van der Waals surface area contributed by atoms with Crippen molar-refractivity contribution >= 4 is 91.7 Å². The third-order valence-electron chi connectivity index (χ3n) is 8.81. The first kappa shape index (κ1) is 42.1. The van der Waals surface area contributed by atoms with Gasteiger partial charge in [-0.05, 0) is 103 Å². The van der Waals surface area contributed by atoms with E-state index in [9.17, 15) is 35.9 Å². The second kappa shape index (κ2) is 16.9. The maximum absolute atomic E-state index is 12.9. The number of rotatable bonds is 6. The molecule has 8 nitrogen and oxygen atoms in total. The lowest BCUT2D eigenvalue weighted by molar-refractivity contribution is -0.138. The number of anilines is 2. The van der Waals surface area contributed by atoms with Gasteiger partial charge in [0.15, 0.2) is 0 Å². The summed E-state index contributed by atoms with van der Waals surface area (Å²) in [5.74, 6) is -0.122. The molecule has 2 heterocycles. The van der Waals surface area contributed by atoms with Gasteiger partial charge in [0, 0.05) is 22.5 Å². The van der Waals surface area contributed by atoms with Crippen LogP contribution in [-0.4, -0.2) is 31.8 Å². The molecule has 0 saturated carbocycles. The number of amides is 2. The van der Waals surface area contributed by atoms with Crippen LogP contribution < -0.4 is 10.6 Å². The van der Waals surface area contributed by atoms with Gasteiger partial charge in [-0.1, -0.05) is 64.6 Å². The zero-order valence-corrected chi connectivity index (χ0v) is 33.1. The first-order chi connectivity index (χ1) is 28.4. The molecule has 2 aromatic heterocycles. The highest BCUT2D eigenvalue weighted by Gasteiger charge is 2.31. The van der Waals surface area contributed by atoms with Gasteiger partial charge in [0.25, 0.3) is 11.8 Å². The fourth-order valence-electron chi connectivity index (χ4n) is 5.91. The van der Waals surface area contributed by atoms with Crippen molar-refractivity contribution in [3.63, 3.8) is 0 Å². The third-order valence-corrected chi connectivity index (χ3v) is 10.1. The molecule has 304 valence electrons. The van der Waals surface area contributed by atoms with Gasteiger partial charge < -0.3 is 20.6 Å². The average Bonchev–Trinajstić information content (AvgIpc) is 3.81. The Kier molecular flexibility index (Phi) is 11.8. The van der Waals surface area contributed by atoms with Gasteiger partial charge in [-0.15, -0.1) is 0 Å². The van der Waals surface area contributed by atoms with E-state index < -0.39 is 35.3 Å². The van der Waals surface area contributed by atoms with Crippen LogP contribution in [0.3, 0.4) is 0 Å². The van der Waals surface area contributed by atoms with Gasteiger partial charge in [0.2, 0.25) is 0 Å². The van der Waals surface area contributed by atoms with Gasteiger partial charge in [0.05, 0.1) is 64.4 Å². The van der Waals surface area contributed by atoms with Crippen molar-refractivity contribution in [1.29, 1.82) is 0 Å². The maximum atomic E-state index is 12.9. The van der Waals surface area contributed by atoms with Crippen molar-refractivity contribution in [2.75, 3.05) is 10.6 Å². The lowest BCUT2D eigenvalue weighted by atomic mass is 10.1. The van der Waals surface area contributed by atoms with Crippen molar-refractivity contribution in [1.82, 2.24) is 19.9 Å². The highest BCUT2D eigenvalue weighted by atomic mass is 35.5. The quantitative estimate of drug-likeness (QED) is 0.124. The normalized spacial score (nSPS) is 11.6. The van der Waals surface area contributed by atoms with Gasteiger partial charge in [-0.3, -0.25) is 9.59 Å². The maximum Gasteiger partial charge on any atom is 0.416 e. The minimum absolute atomic E-state index is 0.0445. The fraction of sp³-hybridized carbons (Fsp3) is 0.0476. The molecule has 0 radical (unpaired) electrons. The summed E-state index contributed by atoms with van der Waals surface area (Å²) in [6.07, 6.45) is -8.93. The van der Waals surface area contributed by atoms with E-state index in [-0.39, 0.29) is 16.9 Å². The van der Waals surface area contributed by atoms with Crippen LogP contribution in [0.5, 0.6) is 0 Å². The number of carbonyl (C=O) groups excluding carboxylic acids is 2. The Labute approximate surface area is 355 Å². The number of hydrogen-bond acceptors (Lipinski definition) is 4. The Hall–Kier alpha value is -6.06. The van der Waals surface area contributed by atoms with Crippen LogP contribution in [0.15, 0.2) is 121 Å². The van der Waals surface area contributed by atoms with Crippen molar-refractivity contribution < 1.29 is 35.9 Å². The van der Waals surface area contributed by atoms with Crippen LogP contribution in [0.4, 0.5) is 37.7 Å². The first-order valence-electron chi connectivity index (χ1n) is 17.3. The van der Waals surface area contributed by atoms with Crippen molar-refractivity contribution in [2.45, 2.75) is 12.4 Å². The molecule has 0 bridgehead atoms. The number of hydrogen-bond donors (Lipinski definition) is 4. The predicted octanol–water partition coefficient (Wildman–Crippen LogP) is 13.6.